The van der Waals surface area contributed by atoms with Gasteiger partial charge in [-0.3, -0.25) is 24.0 Å². The molecule has 3 aromatic carbocycles. The van der Waals surface area contributed by atoms with Crippen LogP contribution in [0.2, 0.25) is 0 Å². The topological polar surface area (TPSA) is 139 Å². The Hall–Kier alpha value is -4.52. The number of nitrogens with one attached hydrogen (secondary N) is 1. The lowest BCUT2D eigenvalue weighted by atomic mass is 10.1. The van der Waals surface area contributed by atoms with Crippen molar-refractivity contribution in [2.24, 2.45) is 0 Å². The predicted molar refractivity (Wildman–Crippen MR) is 155 cm³/mol. The third-order valence-electron chi connectivity index (χ3n) is 6.47. The first-order valence-corrected chi connectivity index (χ1v) is 14.4. The third-order valence-corrected chi connectivity index (χ3v) is 8.24. The number of sulfonamides is 1. The molecule has 0 heterocycles. The van der Waals surface area contributed by atoms with Crippen LogP contribution in [-0.2, 0) is 26.2 Å². The van der Waals surface area contributed by atoms with E-state index in [-0.39, 0.29) is 28.7 Å². The predicted octanol–water partition coefficient (Wildman–Crippen LogP) is 4.19. The summed E-state index contributed by atoms with van der Waals surface area (Å²) in [6.45, 7) is 5.66. The summed E-state index contributed by atoms with van der Waals surface area (Å²) >= 11 is 0. The molecule has 3 aromatic rings. The normalized spacial score (nSPS) is 12.0. The molecule has 0 fully saturated rings. The highest BCUT2D eigenvalue weighted by Gasteiger charge is 2.33. The number of halogens is 1. The Morgan fingerprint density at radius 3 is 2.19 bits per heavy atom. The monoisotopic (exact) mass is 600 g/mol. The molecule has 0 aliphatic rings. The molecule has 2 amide bonds. The molecule has 1 atom stereocenters. The zero-order valence-electron chi connectivity index (χ0n) is 23.9. The zero-order valence-corrected chi connectivity index (χ0v) is 24.7. The molecule has 13 heteroatoms. The van der Waals surface area contributed by atoms with Gasteiger partial charge in [-0.05, 0) is 75.7 Å². The van der Waals surface area contributed by atoms with Crippen LogP contribution in [0.5, 0.6) is 5.75 Å². The van der Waals surface area contributed by atoms with Crippen molar-refractivity contribution in [2.45, 2.75) is 51.2 Å². The van der Waals surface area contributed by atoms with Crippen LogP contribution in [0.1, 0.15) is 31.9 Å². The van der Waals surface area contributed by atoms with Crippen molar-refractivity contribution in [2.75, 3.05) is 18.0 Å². The van der Waals surface area contributed by atoms with Crippen LogP contribution in [0, 0.1) is 22.9 Å². The van der Waals surface area contributed by atoms with Crippen LogP contribution < -0.4 is 14.4 Å². The number of rotatable bonds is 12. The van der Waals surface area contributed by atoms with Gasteiger partial charge in [0.25, 0.3) is 15.7 Å². The standard InChI is InChI=1S/C29H33FN4O7S/c1-19(2)31-29(36)21(4)32(17-22-7-9-23(30)10-8-22)28(35)18-33(24-11-13-25(41-5)14-12-24)42(39,40)26-15-6-20(3)27(16-26)34(37)38/h6-16,19,21H,17-18H2,1-5H3,(H,31,36)/t21-/m1/s1. The van der Waals surface area contributed by atoms with E-state index in [9.17, 15) is 32.5 Å². The van der Waals surface area contributed by atoms with Crippen LogP contribution in [-0.4, -0.2) is 55.8 Å². The van der Waals surface area contributed by atoms with Gasteiger partial charge in [0.15, 0.2) is 0 Å². The van der Waals surface area contributed by atoms with E-state index >= 15 is 0 Å². The second-order valence-electron chi connectivity index (χ2n) is 9.90. The highest BCUT2D eigenvalue weighted by atomic mass is 32.2. The van der Waals surface area contributed by atoms with E-state index in [1.54, 1.807) is 13.8 Å². The summed E-state index contributed by atoms with van der Waals surface area (Å²) in [7, 11) is -3.09. The second-order valence-corrected chi connectivity index (χ2v) is 11.8. The fourth-order valence-electron chi connectivity index (χ4n) is 4.13. The average Bonchev–Trinajstić information content (AvgIpc) is 2.94. The van der Waals surface area contributed by atoms with E-state index in [0.29, 0.717) is 11.3 Å². The van der Waals surface area contributed by atoms with Crippen molar-refractivity contribution >= 4 is 33.2 Å². The molecule has 0 aromatic heterocycles. The number of carbonyl (C=O) groups excluding carboxylic acids is 2. The molecule has 11 nitrogen and oxygen atoms in total. The maximum absolute atomic E-state index is 14.0. The van der Waals surface area contributed by atoms with Crippen molar-refractivity contribution < 1.29 is 32.1 Å². The molecule has 0 saturated carbocycles. The molecular formula is C29H33FN4O7S. The Bertz CT molecular complexity index is 1550. The number of anilines is 1. The Labute approximate surface area is 244 Å². The summed E-state index contributed by atoms with van der Waals surface area (Å²) < 4.78 is 47.5. The van der Waals surface area contributed by atoms with E-state index in [2.05, 4.69) is 5.32 Å². The molecule has 0 radical (unpaired) electrons. The van der Waals surface area contributed by atoms with Gasteiger partial charge in [0, 0.05) is 24.2 Å². The van der Waals surface area contributed by atoms with Crippen molar-refractivity contribution in [3.8, 4) is 5.75 Å². The third kappa shape index (κ3) is 7.60. The molecule has 0 spiro atoms. The number of amides is 2. The molecule has 0 unspecified atom stereocenters. The van der Waals surface area contributed by atoms with Crippen LogP contribution in [0.3, 0.4) is 0 Å². The fourth-order valence-corrected chi connectivity index (χ4v) is 5.56. The van der Waals surface area contributed by atoms with Crippen molar-refractivity contribution in [1.29, 1.82) is 0 Å². The number of methoxy groups -OCH3 is 1. The smallest absolute Gasteiger partial charge is 0.273 e. The zero-order chi connectivity index (χ0) is 31.2. The number of hydrogen-bond donors (Lipinski definition) is 1. The number of nitrogens with zero attached hydrogens (tertiary/aromatic N) is 3. The summed E-state index contributed by atoms with van der Waals surface area (Å²) in [5.41, 5.74) is 0.478. The highest BCUT2D eigenvalue weighted by Crippen LogP contribution is 2.29. The van der Waals surface area contributed by atoms with Crippen molar-refractivity contribution in [1.82, 2.24) is 10.2 Å². The molecular weight excluding hydrogens is 567 g/mol. The van der Waals surface area contributed by atoms with Gasteiger partial charge in [-0.15, -0.1) is 0 Å². The van der Waals surface area contributed by atoms with Gasteiger partial charge in [-0.2, -0.15) is 0 Å². The van der Waals surface area contributed by atoms with Crippen LogP contribution in [0.25, 0.3) is 0 Å². The van der Waals surface area contributed by atoms with Crippen molar-refractivity contribution in [3.63, 3.8) is 0 Å². The molecule has 1 N–H and O–H groups in total. The molecule has 3 rings (SSSR count). The van der Waals surface area contributed by atoms with Gasteiger partial charge in [0.1, 0.15) is 24.2 Å². The first-order chi connectivity index (χ1) is 19.7. The van der Waals surface area contributed by atoms with Crippen LogP contribution >= 0.6 is 0 Å². The fraction of sp³-hybridized carbons (Fsp3) is 0.310. The van der Waals surface area contributed by atoms with Gasteiger partial charge in [0.2, 0.25) is 11.8 Å². The SMILES string of the molecule is COc1ccc(N(CC(=O)N(Cc2ccc(F)cc2)[C@H](C)C(=O)NC(C)C)S(=O)(=O)c2ccc(C)c([N+](=O)[O-])c2)cc1. The van der Waals surface area contributed by atoms with E-state index in [1.807, 2.05) is 0 Å². The summed E-state index contributed by atoms with van der Waals surface area (Å²) in [4.78, 5) is 38.5. The molecule has 224 valence electrons. The minimum absolute atomic E-state index is 0.0911. The number of carbonyl (C=O) groups is 2. The van der Waals surface area contributed by atoms with E-state index in [0.717, 1.165) is 10.4 Å². The van der Waals surface area contributed by atoms with Gasteiger partial charge >= 0.3 is 0 Å². The number of nitro groups is 1. The average molecular weight is 601 g/mol. The molecule has 42 heavy (non-hydrogen) atoms. The minimum Gasteiger partial charge on any atom is -0.497 e. The first-order valence-electron chi connectivity index (χ1n) is 13.0. The lowest BCUT2D eigenvalue weighted by Gasteiger charge is -2.32. The Morgan fingerprint density at radius 1 is 1.02 bits per heavy atom. The van der Waals surface area contributed by atoms with Crippen molar-refractivity contribution in [3.05, 3.63) is 93.8 Å². The van der Waals surface area contributed by atoms with E-state index in [1.165, 1.54) is 86.5 Å². The summed E-state index contributed by atoms with van der Waals surface area (Å²) in [5, 5.41) is 14.3. The summed E-state index contributed by atoms with van der Waals surface area (Å²) in [6, 6.07) is 13.5. The highest BCUT2D eigenvalue weighted by molar-refractivity contribution is 7.92. The quantitative estimate of drug-likeness (QED) is 0.243. The largest absolute Gasteiger partial charge is 0.497 e. The van der Waals surface area contributed by atoms with Crippen LogP contribution in [0.4, 0.5) is 15.8 Å². The summed E-state index contributed by atoms with van der Waals surface area (Å²) in [6.07, 6.45) is 0. The van der Waals surface area contributed by atoms with Gasteiger partial charge in [-0.25, -0.2) is 12.8 Å². The van der Waals surface area contributed by atoms with Crippen LogP contribution in [0.15, 0.2) is 71.6 Å². The number of nitro benzene ring substituents is 1. The number of benzene rings is 3. The molecule has 0 aliphatic carbocycles. The number of ether oxygens (including phenoxy) is 1. The van der Waals surface area contributed by atoms with E-state index in [4.69, 9.17) is 4.74 Å². The maximum atomic E-state index is 14.0. The Balaban J connectivity index is 2.09. The van der Waals surface area contributed by atoms with Gasteiger partial charge < -0.3 is 15.0 Å². The molecule has 0 aliphatic heterocycles. The first kappa shape index (κ1) is 32.0. The lowest BCUT2D eigenvalue weighted by molar-refractivity contribution is -0.385. The number of hydrogen-bond acceptors (Lipinski definition) is 7. The minimum atomic E-state index is -4.53. The van der Waals surface area contributed by atoms with Gasteiger partial charge in [0.05, 0.1) is 22.6 Å². The lowest BCUT2D eigenvalue weighted by Crippen LogP contribution is -2.52. The summed E-state index contributed by atoms with van der Waals surface area (Å²) in [5.74, 6) is -1.24. The Morgan fingerprint density at radius 2 is 1.64 bits per heavy atom. The Kier molecular flexibility index (Phi) is 10.2. The maximum Gasteiger partial charge on any atom is 0.273 e. The number of aryl methyl sites for hydroxylation is 1. The van der Waals surface area contributed by atoms with Gasteiger partial charge in [-0.1, -0.05) is 18.2 Å². The second kappa shape index (κ2) is 13.4. The molecule has 0 saturated heterocycles. The van der Waals surface area contributed by atoms with E-state index < -0.39 is 50.9 Å². The molecule has 0 bridgehead atoms.